The molecule has 0 unspecified atom stereocenters. The number of hydrogen-bond acceptors (Lipinski definition) is 8. The summed E-state index contributed by atoms with van der Waals surface area (Å²) in [5, 5.41) is 8.61. The van der Waals surface area contributed by atoms with Crippen LogP contribution in [-0.4, -0.2) is 35.7 Å². The molecule has 0 saturated carbocycles. The maximum atomic E-state index is 12.9. The first-order valence-corrected chi connectivity index (χ1v) is 12.0. The predicted molar refractivity (Wildman–Crippen MR) is 118 cm³/mol. The summed E-state index contributed by atoms with van der Waals surface area (Å²) in [5.74, 6) is -0.430. The summed E-state index contributed by atoms with van der Waals surface area (Å²) >= 11 is 1.26. The molecule has 31 heavy (non-hydrogen) atoms. The van der Waals surface area contributed by atoms with Gasteiger partial charge in [-0.15, -0.1) is 11.3 Å². The van der Waals surface area contributed by atoms with Crippen molar-refractivity contribution in [1.29, 1.82) is 0 Å². The third kappa shape index (κ3) is 4.39. The van der Waals surface area contributed by atoms with Gasteiger partial charge in [-0.2, -0.15) is 0 Å². The van der Waals surface area contributed by atoms with Gasteiger partial charge in [-0.05, 0) is 43.7 Å². The van der Waals surface area contributed by atoms with E-state index < -0.39 is 15.7 Å². The molecule has 10 heteroatoms. The highest BCUT2D eigenvalue weighted by atomic mass is 32.2. The number of amides is 1. The van der Waals surface area contributed by atoms with E-state index in [9.17, 15) is 13.2 Å². The Morgan fingerprint density at radius 3 is 2.61 bits per heavy atom. The van der Waals surface area contributed by atoms with Gasteiger partial charge in [0.1, 0.15) is 11.3 Å². The van der Waals surface area contributed by atoms with Crippen LogP contribution < -0.4 is 5.32 Å². The number of carbonyl (C=O) groups excluding carboxylic acids is 1. The number of benzene rings is 1. The molecule has 1 N–H and O–H groups in total. The minimum atomic E-state index is -3.53. The summed E-state index contributed by atoms with van der Waals surface area (Å²) in [6.45, 7) is 3.89. The molecule has 0 spiro atoms. The van der Waals surface area contributed by atoms with E-state index in [0.717, 1.165) is 23.2 Å². The molecule has 0 aliphatic carbocycles. The van der Waals surface area contributed by atoms with Crippen molar-refractivity contribution in [3.63, 3.8) is 0 Å². The number of nitrogens with one attached hydrogen (secondary N) is 1. The van der Waals surface area contributed by atoms with E-state index in [1.807, 2.05) is 31.4 Å². The van der Waals surface area contributed by atoms with Crippen molar-refractivity contribution in [2.24, 2.45) is 0 Å². The van der Waals surface area contributed by atoms with E-state index in [-0.39, 0.29) is 21.8 Å². The summed E-state index contributed by atoms with van der Waals surface area (Å²) in [4.78, 5) is 21.9. The van der Waals surface area contributed by atoms with Crippen LogP contribution in [0, 0.1) is 13.8 Å². The number of pyridine rings is 1. The van der Waals surface area contributed by atoms with Crippen molar-refractivity contribution in [1.82, 2.24) is 15.1 Å². The van der Waals surface area contributed by atoms with Crippen LogP contribution in [0.1, 0.15) is 21.6 Å². The maximum Gasteiger partial charge on any atom is 0.263 e. The van der Waals surface area contributed by atoms with Gasteiger partial charge in [0.15, 0.2) is 20.7 Å². The summed E-state index contributed by atoms with van der Waals surface area (Å²) in [7, 11) is -3.53. The fourth-order valence-electron chi connectivity index (χ4n) is 3.16. The highest BCUT2D eigenvalue weighted by Gasteiger charge is 2.24. The van der Waals surface area contributed by atoms with Gasteiger partial charge in [0.2, 0.25) is 0 Å². The van der Waals surface area contributed by atoms with Crippen LogP contribution in [0.5, 0.6) is 0 Å². The minimum absolute atomic E-state index is 0.0539. The lowest BCUT2D eigenvalue weighted by molar-refractivity contribution is 0.102. The first-order chi connectivity index (χ1) is 14.7. The number of thiazole rings is 1. The van der Waals surface area contributed by atoms with Gasteiger partial charge in [0.05, 0.1) is 16.8 Å². The van der Waals surface area contributed by atoms with E-state index in [1.54, 1.807) is 18.2 Å². The second-order valence-corrected chi connectivity index (χ2v) is 9.84. The van der Waals surface area contributed by atoms with Gasteiger partial charge in [0.25, 0.3) is 5.91 Å². The fourth-order valence-corrected chi connectivity index (χ4v) is 4.74. The van der Waals surface area contributed by atoms with Crippen LogP contribution in [0.2, 0.25) is 0 Å². The van der Waals surface area contributed by atoms with Crippen molar-refractivity contribution < 1.29 is 17.7 Å². The Morgan fingerprint density at radius 2 is 1.87 bits per heavy atom. The molecule has 0 radical (unpaired) electrons. The van der Waals surface area contributed by atoms with E-state index in [1.165, 1.54) is 23.6 Å². The normalized spacial score (nSPS) is 11.5. The summed E-state index contributed by atoms with van der Waals surface area (Å²) < 4.78 is 29.5. The average molecular weight is 455 g/mol. The average Bonchev–Trinajstić information content (AvgIpc) is 3.36. The lowest BCUT2D eigenvalue weighted by atomic mass is 10.1. The Bertz CT molecular complexity index is 1370. The second-order valence-electron chi connectivity index (χ2n) is 7.00. The highest BCUT2D eigenvalue weighted by Crippen LogP contribution is 2.31. The smallest absolute Gasteiger partial charge is 0.263 e. The Morgan fingerprint density at radius 1 is 1.10 bits per heavy atom. The third-order valence-electron chi connectivity index (χ3n) is 4.43. The van der Waals surface area contributed by atoms with Gasteiger partial charge in [-0.1, -0.05) is 17.3 Å². The zero-order valence-electron chi connectivity index (χ0n) is 16.9. The van der Waals surface area contributed by atoms with Crippen molar-refractivity contribution in [2.45, 2.75) is 18.7 Å². The molecule has 4 aromatic rings. The van der Waals surface area contributed by atoms with Gasteiger partial charge < -0.3 is 4.52 Å². The molecule has 3 heterocycles. The minimum Gasteiger partial charge on any atom is -0.355 e. The number of rotatable bonds is 5. The number of nitrogens with zero attached hydrogens (tertiary/aromatic N) is 3. The van der Waals surface area contributed by atoms with Crippen LogP contribution >= 0.6 is 11.3 Å². The first kappa shape index (κ1) is 20.9. The summed E-state index contributed by atoms with van der Waals surface area (Å²) in [6, 6.07) is 10.2. The topological polar surface area (TPSA) is 115 Å². The van der Waals surface area contributed by atoms with Crippen LogP contribution in [0.3, 0.4) is 0 Å². The monoisotopic (exact) mass is 454 g/mol. The van der Waals surface area contributed by atoms with Crippen LogP contribution in [0.15, 0.2) is 57.4 Å². The molecule has 0 atom stereocenters. The Kier molecular flexibility index (Phi) is 5.42. The fraction of sp³-hybridized carbons (Fsp3) is 0.143. The summed E-state index contributed by atoms with van der Waals surface area (Å²) in [6.07, 6.45) is 2.35. The highest BCUT2D eigenvalue weighted by molar-refractivity contribution is 7.90. The molecule has 1 aromatic carbocycles. The third-order valence-corrected chi connectivity index (χ3v) is 6.34. The molecule has 4 rings (SSSR count). The zero-order valence-corrected chi connectivity index (χ0v) is 18.5. The predicted octanol–water partition coefficient (Wildman–Crippen LogP) is 4.13. The standard InChI is InChI=1S/C21H18N4O4S2/c1-12-8-13(2)23-16(9-12)17-11-30-21(24-17)25-20(26)15-10-22-29-19(15)14-6-4-5-7-18(14)31(3,27)28/h4-11H,1-3H3,(H,24,25,26). The number of hydrogen-bond donors (Lipinski definition) is 1. The quantitative estimate of drug-likeness (QED) is 0.482. The van der Waals surface area contributed by atoms with Crippen molar-refractivity contribution >= 4 is 32.2 Å². The molecule has 0 aliphatic rings. The molecule has 158 valence electrons. The largest absolute Gasteiger partial charge is 0.355 e. The molecule has 1 amide bonds. The van der Waals surface area contributed by atoms with E-state index in [0.29, 0.717) is 10.8 Å². The van der Waals surface area contributed by atoms with E-state index >= 15 is 0 Å². The molecule has 3 aromatic heterocycles. The number of aromatic nitrogens is 3. The van der Waals surface area contributed by atoms with Gasteiger partial charge in [-0.3, -0.25) is 15.1 Å². The van der Waals surface area contributed by atoms with Crippen LogP contribution in [0.4, 0.5) is 5.13 Å². The first-order valence-electron chi connectivity index (χ1n) is 9.19. The number of aryl methyl sites for hydroxylation is 2. The van der Waals surface area contributed by atoms with Crippen molar-refractivity contribution in [2.75, 3.05) is 11.6 Å². The molecular formula is C21H18N4O4S2. The van der Waals surface area contributed by atoms with Gasteiger partial charge in [-0.25, -0.2) is 13.4 Å². The Hall–Kier alpha value is -3.37. The SMILES string of the molecule is Cc1cc(C)nc(-c2csc(NC(=O)c3cnoc3-c3ccccc3S(C)(=O)=O)n2)c1. The number of carbonyl (C=O) groups is 1. The maximum absolute atomic E-state index is 12.9. The molecule has 8 nitrogen and oxygen atoms in total. The molecule has 0 fully saturated rings. The van der Waals surface area contributed by atoms with Gasteiger partial charge >= 0.3 is 0 Å². The van der Waals surface area contributed by atoms with Crippen molar-refractivity contribution in [3.8, 4) is 22.7 Å². The van der Waals surface area contributed by atoms with Gasteiger partial charge in [0, 0.05) is 22.9 Å². The Labute approximate surface area is 182 Å². The Balaban J connectivity index is 1.63. The molecule has 0 aliphatic heterocycles. The lowest BCUT2D eigenvalue weighted by Crippen LogP contribution is -2.12. The van der Waals surface area contributed by atoms with Crippen LogP contribution in [-0.2, 0) is 9.84 Å². The van der Waals surface area contributed by atoms with Crippen molar-refractivity contribution in [3.05, 3.63) is 64.8 Å². The zero-order chi connectivity index (χ0) is 22.2. The molecule has 0 bridgehead atoms. The van der Waals surface area contributed by atoms with Crippen LogP contribution in [0.25, 0.3) is 22.7 Å². The molecule has 0 saturated heterocycles. The number of anilines is 1. The lowest BCUT2D eigenvalue weighted by Gasteiger charge is -2.06. The summed E-state index contributed by atoms with van der Waals surface area (Å²) in [5.41, 5.74) is 3.71. The van der Waals surface area contributed by atoms with E-state index in [4.69, 9.17) is 4.52 Å². The second kappa shape index (κ2) is 8.05. The number of sulfone groups is 1. The van der Waals surface area contributed by atoms with E-state index in [2.05, 4.69) is 20.4 Å². The molecular weight excluding hydrogens is 436 g/mol.